The van der Waals surface area contributed by atoms with E-state index in [4.69, 9.17) is 11.6 Å². The lowest BCUT2D eigenvalue weighted by molar-refractivity contribution is 0.0928. The molecule has 2 heterocycles. The minimum absolute atomic E-state index is 0.0836. The summed E-state index contributed by atoms with van der Waals surface area (Å²) in [5.41, 5.74) is 1.02. The molecule has 1 N–H and O–H groups in total. The summed E-state index contributed by atoms with van der Waals surface area (Å²) in [6, 6.07) is 9.61. The fraction of sp³-hybridized carbons (Fsp3) is 0.455. The van der Waals surface area contributed by atoms with Crippen LogP contribution in [-0.2, 0) is 15.4 Å². The van der Waals surface area contributed by atoms with E-state index in [1.165, 1.54) is 16.4 Å². The van der Waals surface area contributed by atoms with Crippen LogP contribution in [0.4, 0.5) is 4.39 Å². The van der Waals surface area contributed by atoms with E-state index in [1.807, 2.05) is 32.0 Å². The van der Waals surface area contributed by atoms with Gasteiger partial charge in [-0.2, -0.15) is 0 Å². The van der Waals surface area contributed by atoms with E-state index in [2.05, 4.69) is 10.3 Å². The van der Waals surface area contributed by atoms with Crippen molar-refractivity contribution in [1.29, 1.82) is 0 Å². The first-order valence-corrected chi connectivity index (χ1v) is 12.3. The first kappa shape index (κ1) is 23.6. The van der Waals surface area contributed by atoms with Gasteiger partial charge in [0.2, 0.25) is 10.0 Å². The summed E-state index contributed by atoms with van der Waals surface area (Å²) in [4.78, 5) is 17.3. The zero-order valence-electron chi connectivity index (χ0n) is 17.7. The van der Waals surface area contributed by atoms with Gasteiger partial charge in [-0.05, 0) is 56.5 Å². The highest BCUT2D eigenvalue weighted by molar-refractivity contribution is 7.89. The van der Waals surface area contributed by atoms with Gasteiger partial charge in [0.1, 0.15) is 5.82 Å². The standard InChI is InChI=1S/C22H27ClFN3O3S/c1-3-13-31(29,30)27-11-9-22(10-12-27,20-6-4-5-16(2)26-20)15-25-21(28)18-8-7-17(23)14-19(18)24/h4-8,14H,3,9-13,15H2,1-2H3,(H,25,28). The third-order valence-corrected chi connectivity index (χ3v) is 8.04. The molecule has 9 heteroatoms. The number of carbonyl (C=O) groups excluding carboxylic acids is 1. The van der Waals surface area contributed by atoms with Crippen LogP contribution in [0.15, 0.2) is 36.4 Å². The molecule has 6 nitrogen and oxygen atoms in total. The maximum Gasteiger partial charge on any atom is 0.254 e. The SMILES string of the molecule is CCCS(=O)(=O)N1CCC(CNC(=O)c2ccc(Cl)cc2F)(c2cccc(C)n2)CC1. The fourth-order valence-electron chi connectivity index (χ4n) is 3.96. The molecule has 3 rings (SSSR count). The van der Waals surface area contributed by atoms with Crippen LogP contribution in [0.2, 0.25) is 5.02 Å². The fourth-order valence-corrected chi connectivity index (χ4v) is 5.63. The molecule has 1 saturated heterocycles. The van der Waals surface area contributed by atoms with Gasteiger partial charge in [-0.1, -0.05) is 24.6 Å². The smallest absolute Gasteiger partial charge is 0.254 e. The van der Waals surface area contributed by atoms with Crippen molar-refractivity contribution in [3.63, 3.8) is 0 Å². The first-order chi connectivity index (χ1) is 14.7. The Morgan fingerprint density at radius 1 is 1.26 bits per heavy atom. The molecular weight excluding hydrogens is 441 g/mol. The summed E-state index contributed by atoms with van der Waals surface area (Å²) >= 11 is 5.78. The molecule has 0 unspecified atom stereocenters. The normalized spacial score (nSPS) is 16.8. The van der Waals surface area contributed by atoms with Crippen molar-refractivity contribution in [1.82, 2.24) is 14.6 Å². The zero-order chi connectivity index (χ0) is 22.6. The maximum atomic E-state index is 14.2. The van der Waals surface area contributed by atoms with Crippen molar-refractivity contribution < 1.29 is 17.6 Å². The summed E-state index contributed by atoms with van der Waals surface area (Å²) < 4.78 is 40.7. The minimum atomic E-state index is -3.29. The van der Waals surface area contributed by atoms with Crippen molar-refractivity contribution in [2.75, 3.05) is 25.4 Å². The number of aromatic nitrogens is 1. The minimum Gasteiger partial charge on any atom is -0.351 e. The number of benzene rings is 1. The van der Waals surface area contributed by atoms with Crippen molar-refractivity contribution in [3.05, 3.63) is 64.2 Å². The Bertz CT molecular complexity index is 1050. The van der Waals surface area contributed by atoms with Gasteiger partial charge in [-0.25, -0.2) is 17.1 Å². The molecule has 168 valence electrons. The molecule has 0 spiro atoms. The van der Waals surface area contributed by atoms with Gasteiger partial charge in [0, 0.05) is 41.5 Å². The highest BCUT2D eigenvalue weighted by Gasteiger charge is 2.40. The van der Waals surface area contributed by atoms with Crippen LogP contribution in [-0.4, -0.2) is 49.0 Å². The number of piperidine rings is 1. The van der Waals surface area contributed by atoms with E-state index in [0.717, 1.165) is 17.5 Å². The number of pyridine rings is 1. The number of hydrogen-bond acceptors (Lipinski definition) is 4. The van der Waals surface area contributed by atoms with E-state index >= 15 is 0 Å². The van der Waals surface area contributed by atoms with E-state index in [9.17, 15) is 17.6 Å². The van der Waals surface area contributed by atoms with Gasteiger partial charge in [0.15, 0.2) is 0 Å². The summed E-state index contributed by atoms with van der Waals surface area (Å²) in [7, 11) is -3.29. The van der Waals surface area contributed by atoms with E-state index in [-0.39, 0.29) is 22.9 Å². The average molecular weight is 468 g/mol. The molecule has 1 fully saturated rings. The molecule has 1 amide bonds. The first-order valence-electron chi connectivity index (χ1n) is 10.3. The number of rotatable bonds is 7. The summed E-state index contributed by atoms with van der Waals surface area (Å²) in [5.74, 6) is -1.11. The average Bonchev–Trinajstić information content (AvgIpc) is 2.72. The largest absolute Gasteiger partial charge is 0.351 e. The second-order valence-electron chi connectivity index (χ2n) is 7.97. The molecular formula is C22H27ClFN3O3S. The van der Waals surface area contributed by atoms with E-state index in [0.29, 0.717) is 32.4 Å². The van der Waals surface area contributed by atoms with E-state index < -0.39 is 27.2 Å². The quantitative estimate of drug-likeness (QED) is 0.673. The van der Waals surface area contributed by atoms with Gasteiger partial charge in [0.25, 0.3) is 5.91 Å². The van der Waals surface area contributed by atoms with Gasteiger partial charge in [0.05, 0.1) is 11.3 Å². The number of sulfonamides is 1. The Balaban J connectivity index is 1.82. The summed E-state index contributed by atoms with van der Waals surface area (Å²) in [5, 5.41) is 3.05. The predicted molar refractivity (Wildman–Crippen MR) is 119 cm³/mol. The maximum absolute atomic E-state index is 14.2. The molecule has 0 atom stereocenters. The molecule has 1 aromatic carbocycles. The van der Waals surface area contributed by atoms with Crippen LogP contribution in [0.5, 0.6) is 0 Å². The van der Waals surface area contributed by atoms with Crippen LogP contribution in [0.25, 0.3) is 0 Å². The Morgan fingerprint density at radius 3 is 2.58 bits per heavy atom. The zero-order valence-corrected chi connectivity index (χ0v) is 19.3. The number of nitrogens with zero attached hydrogens (tertiary/aromatic N) is 2. The van der Waals surface area contributed by atoms with Gasteiger partial charge < -0.3 is 5.32 Å². The molecule has 0 bridgehead atoms. The van der Waals surface area contributed by atoms with Gasteiger partial charge >= 0.3 is 0 Å². The third-order valence-electron chi connectivity index (χ3n) is 5.73. The van der Waals surface area contributed by atoms with Gasteiger partial charge in [-0.3, -0.25) is 9.78 Å². The molecule has 1 aliphatic rings. The highest BCUT2D eigenvalue weighted by Crippen LogP contribution is 2.35. The molecule has 31 heavy (non-hydrogen) atoms. The molecule has 0 saturated carbocycles. The molecule has 1 aliphatic heterocycles. The van der Waals surface area contributed by atoms with Crippen LogP contribution >= 0.6 is 11.6 Å². The molecule has 0 aliphatic carbocycles. The van der Waals surface area contributed by atoms with Crippen LogP contribution < -0.4 is 5.32 Å². The van der Waals surface area contributed by atoms with Crippen molar-refractivity contribution in [3.8, 4) is 0 Å². The number of halogens is 2. The second kappa shape index (κ2) is 9.63. The lowest BCUT2D eigenvalue weighted by Gasteiger charge is -2.41. The second-order valence-corrected chi connectivity index (χ2v) is 10.5. The summed E-state index contributed by atoms with van der Waals surface area (Å²) in [6.45, 7) is 4.66. The van der Waals surface area contributed by atoms with Crippen molar-refractivity contribution >= 4 is 27.5 Å². The Kier molecular flexibility index (Phi) is 7.34. The van der Waals surface area contributed by atoms with Crippen molar-refractivity contribution in [2.24, 2.45) is 0 Å². The number of amides is 1. The third kappa shape index (κ3) is 5.42. The Hall–Kier alpha value is -2.03. The summed E-state index contributed by atoms with van der Waals surface area (Å²) in [6.07, 6.45) is 1.58. The molecule has 1 aromatic heterocycles. The number of nitrogens with one attached hydrogen (secondary N) is 1. The number of carbonyl (C=O) groups is 1. The number of hydrogen-bond donors (Lipinski definition) is 1. The molecule has 2 aromatic rings. The topological polar surface area (TPSA) is 79.4 Å². The van der Waals surface area contributed by atoms with E-state index in [1.54, 1.807) is 0 Å². The van der Waals surface area contributed by atoms with Gasteiger partial charge in [-0.15, -0.1) is 0 Å². The monoisotopic (exact) mass is 467 g/mol. The van der Waals surface area contributed by atoms with Crippen molar-refractivity contribution in [2.45, 2.75) is 38.5 Å². The number of aryl methyl sites for hydroxylation is 1. The van der Waals surface area contributed by atoms with Crippen LogP contribution in [0, 0.1) is 12.7 Å². The Labute approximate surface area is 187 Å². The Morgan fingerprint density at radius 2 is 1.97 bits per heavy atom. The molecule has 0 radical (unpaired) electrons. The van der Waals surface area contributed by atoms with Crippen LogP contribution in [0.3, 0.4) is 0 Å². The van der Waals surface area contributed by atoms with Crippen LogP contribution in [0.1, 0.15) is 47.9 Å². The highest BCUT2D eigenvalue weighted by atomic mass is 35.5. The lowest BCUT2D eigenvalue weighted by Crippen LogP contribution is -2.51. The predicted octanol–water partition coefficient (Wildman–Crippen LogP) is 3.69. The lowest BCUT2D eigenvalue weighted by atomic mass is 9.75.